The first-order valence-corrected chi connectivity index (χ1v) is 8.95. The standard InChI is InChI=1S/C19H19NO4S/c1-24-14-6-8-15(9-7-14)25-12-17(21)20-11-10-13-4-2-3-5-16(13)18(20)19(22)23/h2-9,18H,10-12H2,1H3,(H,22,23). The van der Waals surface area contributed by atoms with Crippen molar-refractivity contribution in [1.29, 1.82) is 0 Å². The average molecular weight is 357 g/mol. The van der Waals surface area contributed by atoms with E-state index in [9.17, 15) is 14.7 Å². The Morgan fingerprint density at radius 1 is 1.20 bits per heavy atom. The number of methoxy groups -OCH3 is 1. The van der Waals surface area contributed by atoms with E-state index in [-0.39, 0.29) is 11.7 Å². The summed E-state index contributed by atoms with van der Waals surface area (Å²) in [6.45, 7) is 0.427. The molecule has 0 saturated carbocycles. The Morgan fingerprint density at radius 2 is 1.92 bits per heavy atom. The Kier molecular flexibility index (Phi) is 5.28. The fourth-order valence-electron chi connectivity index (χ4n) is 3.00. The summed E-state index contributed by atoms with van der Waals surface area (Å²) >= 11 is 1.40. The molecule has 1 aliphatic rings. The third-order valence-corrected chi connectivity index (χ3v) is 5.26. The maximum Gasteiger partial charge on any atom is 0.331 e. The lowest BCUT2D eigenvalue weighted by molar-refractivity contribution is -0.150. The van der Waals surface area contributed by atoms with Crippen molar-refractivity contribution in [1.82, 2.24) is 4.90 Å². The summed E-state index contributed by atoms with van der Waals surface area (Å²) < 4.78 is 5.11. The second-order valence-electron chi connectivity index (χ2n) is 5.74. The maximum atomic E-state index is 12.6. The van der Waals surface area contributed by atoms with Crippen LogP contribution >= 0.6 is 11.8 Å². The van der Waals surface area contributed by atoms with Crippen molar-refractivity contribution in [3.63, 3.8) is 0 Å². The van der Waals surface area contributed by atoms with E-state index in [1.165, 1.54) is 16.7 Å². The Hall–Kier alpha value is -2.47. The number of carbonyl (C=O) groups is 2. The largest absolute Gasteiger partial charge is 0.497 e. The topological polar surface area (TPSA) is 66.8 Å². The van der Waals surface area contributed by atoms with Crippen molar-refractivity contribution in [2.75, 3.05) is 19.4 Å². The summed E-state index contributed by atoms with van der Waals surface area (Å²) in [5, 5.41) is 9.63. The van der Waals surface area contributed by atoms with Crippen LogP contribution in [0.2, 0.25) is 0 Å². The van der Waals surface area contributed by atoms with E-state index >= 15 is 0 Å². The molecule has 25 heavy (non-hydrogen) atoms. The van der Waals surface area contributed by atoms with Crippen LogP contribution in [-0.4, -0.2) is 41.3 Å². The van der Waals surface area contributed by atoms with Crippen LogP contribution in [-0.2, 0) is 16.0 Å². The Labute approximate surface area is 150 Å². The molecule has 0 saturated heterocycles. The van der Waals surface area contributed by atoms with Gasteiger partial charge in [0.15, 0.2) is 6.04 Å². The number of carbonyl (C=O) groups excluding carboxylic acids is 1. The summed E-state index contributed by atoms with van der Waals surface area (Å²) in [6, 6.07) is 14.0. The van der Waals surface area contributed by atoms with Crippen LogP contribution in [0.25, 0.3) is 0 Å². The summed E-state index contributed by atoms with van der Waals surface area (Å²) in [5.74, 6) is -0.190. The smallest absolute Gasteiger partial charge is 0.331 e. The first kappa shape index (κ1) is 17.4. The molecular formula is C19H19NO4S. The molecule has 0 aromatic heterocycles. The van der Waals surface area contributed by atoms with Crippen LogP contribution in [0.3, 0.4) is 0 Å². The number of amides is 1. The van der Waals surface area contributed by atoms with Crippen LogP contribution in [0.1, 0.15) is 17.2 Å². The lowest BCUT2D eigenvalue weighted by Crippen LogP contribution is -2.44. The number of thioether (sulfide) groups is 1. The predicted molar refractivity (Wildman–Crippen MR) is 96.0 cm³/mol. The number of benzene rings is 2. The lowest BCUT2D eigenvalue weighted by Gasteiger charge is -2.34. The van der Waals surface area contributed by atoms with E-state index in [1.807, 2.05) is 42.5 Å². The normalized spacial score (nSPS) is 16.2. The molecule has 0 bridgehead atoms. The van der Waals surface area contributed by atoms with Gasteiger partial charge in [-0.05, 0) is 41.8 Å². The summed E-state index contributed by atoms with van der Waals surface area (Å²) in [6.07, 6.45) is 0.679. The number of rotatable bonds is 5. The van der Waals surface area contributed by atoms with Gasteiger partial charge in [0.25, 0.3) is 0 Å². The lowest BCUT2D eigenvalue weighted by atomic mass is 9.92. The highest BCUT2D eigenvalue weighted by Gasteiger charge is 2.35. The van der Waals surface area contributed by atoms with Gasteiger partial charge in [0, 0.05) is 11.4 Å². The zero-order chi connectivity index (χ0) is 17.8. The number of hydrogen-bond donors (Lipinski definition) is 1. The molecule has 1 aliphatic heterocycles. The molecule has 130 valence electrons. The zero-order valence-electron chi connectivity index (χ0n) is 13.8. The third-order valence-electron chi connectivity index (χ3n) is 4.26. The van der Waals surface area contributed by atoms with Gasteiger partial charge in [-0.1, -0.05) is 24.3 Å². The SMILES string of the molecule is COc1ccc(SCC(=O)N2CCc3ccccc3C2C(=O)O)cc1. The highest BCUT2D eigenvalue weighted by molar-refractivity contribution is 8.00. The first-order valence-electron chi connectivity index (χ1n) is 7.97. The third kappa shape index (κ3) is 3.79. The van der Waals surface area contributed by atoms with Crippen molar-refractivity contribution in [3.05, 3.63) is 59.7 Å². The number of fused-ring (bicyclic) bond motifs is 1. The molecule has 1 heterocycles. The molecule has 0 radical (unpaired) electrons. The second-order valence-corrected chi connectivity index (χ2v) is 6.79. The summed E-state index contributed by atoms with van der Waals surface area (Å²) in [4.78, 5) is 26.8. The molecule has 0 fully saturated rings. The molecule has 6 heteroatoms. The molecule has 0 spiro atoms. The molecule has 2 aromatic rings. The minimum absolute atomic E-state index is 0.164. The van der Waals surface area contributed by atoms with E-state index in [0.29, 0.717) is 18.5 Å². The number of hydrogen-bond acceptors (Lipinski definition) is 4. The van der Waals surface area contributed by atoms with Crippen LogP contribution in [0.5, 0.6) is 5.75 Å². The molecule has 3 rings (SSSR count). The Balaban J connectivity index is 1.71. The Morgan fingerprint density at radius 3 is 2.60 bits per heavy atom. The van der Waals surface area contributed by atoms with E-state index in [1.54, 1.807) is 13.2 Å². The van der Waals surface area contributed by atoms with Crippen LogP contribution < -0.4 is 4.74 Å². The second kappa shape index (κ2) is 7.61. The van der Waals surface area contributed by atoms with Crippen molar-refractivity contribution in [2.24, 2.45) is 0 Å². The van der Waals surface area contributed by atoms with Crippen molar-refractivity contribution in [2.45, 2.75) is 17.4 Å². The highest BCUT2D eigenvalue weighted by atomic mass is 32.2. The minimum atomic E-state index is -0.991. The van der Waals surface area contributed by atoms with Crippen LogP contribution in [0.15, 0.2) is 53.4 Å². The van der Waals surface area contributed by atoms with Gasteiger partial charge >= 0.3 is 5.97 Å². The maximum absolute atomic E-state index is 12.6. The molecule has 0 aliphatic carbocycles. The highest BCUT2D eigenvalue weighted by Crippen LogP contribution is 2.31. The van der Waals surface area contributed by atoms with E-state index in [0.717, 1.165) is 16.2 Å². The monoisotopic (exact) mass is 357 g/mol. The number of nitrogens with zero attached hydrogens (tertiary/aromatic N) is 1. The number of aliphatic carboxylic acids is 1. The van der Waals surface area contributed by atoms with Crippen molar-refractivity contribution in [3.8, 4) is 5.75 Å². The van der Waals surface area contributed by atoms with Gasteiger partial charge in [-0.15, -0.1) is 11.8 Å². The van der Waals surface area contributed by atoms with Gasteiger partial charge in [0.1, 0.15) is 5.75 Å². The number of ether oxygens (including phenoxy) is 1. The van der Waals surface area contributed by atoms with Crippen molar-refractivity contribution < 1.29 is 19.4 Å². The van der Waals surface area contributed by atoms with E-state index in [2.05, 4.69) is 0 Å². The fraction of sp³-hybridized carbons (Fsp3) is 0.263. The minimum Gasteiger partial charge on any atom is -0.497 e. The molecule has 1 amide bonds. The van der Waals surface area contributed by atoms with Crippen LogP contribution in [0, 0.1) is 0 Å². The van der Waals surface area contributed by atoms with Gasteiger partial charge in [0.2, 0.25) is 5.91 Å². The molecule has 1 N–H and O–H groups in total. The van der Waals surface area contributed by atoms with Gasteiger partial charge in [-0.3, -0.25) is 4.79 Å². The average Bonchev–Trinajstić information content (AvgIpc) is 2.65. The Bertz CT molecular complexity index is 775. The van der Waals surface area contributed by atoms with Gasteiger partial charge in [0.05, 0.1) is 12.9 Å². The van der Waals surface area contributed by atoms with Crippen LogP contribution in [0.4, 0.5) is 0 Å². The predicted octanol–water partition coefficient (Wildman–Crippen LogP) is 3.00. The molecule has 2 aromatic carbocycles. The number of carboxylic acid groups (broad SMARTS) is 1. The fourth-order valence-corrected chi connectivity index (χ4v) is 3.79. The summed E-state index contributed by atoms with van der Waals surface area (Å²) in [7, 11) is 1.60. The zero-order valence-corrected chi connectivity index (χ0v) is 14.7. The van der Waals surface area contributed by atoms with Crippen molar-refractivity contribution >= 4 is 23.6 Å². The van der Waals surface area contributed by atoms with Gasteiger partial charge in [-0.2, -0.15) is 0 Å². The first-order chi connectivity index (χ1) is 12.1. The molecular weight excluding hydrogens is 338 g/mol. The molecule has 1 unspecified atom stereocenters. The van der Waals surface area contributed by atoms with Gasteiger partial charge < -0.3 is 14.7 Å². The van der Waals surface area contributed by atoms with Gasteiger partial charge in [-0.25, -0.2) is 4.79 Å². The molecule has 5 nitrogen and oxygen atoms in total. The number of carboxylic acids is 1. The summed E-state index contributed by atoms with van der Waals surface area (Å²) in [5.41, 5.74) is 1.71. The molecule has 1 atom stereocenters. The van der Waals surface area contributed by atoms with E-state index in [4.69, 9.17) is 4.74 Å². The van der Waals surface area contributed by atoms with E-state index < -0.39 is 12.0 Å². The quantitative estimate of drug-likeness (QED) is 0.833.